The fraction of sp³-hybridized carbons (Fsp3) is 0.440. The Bertz CT molecular complexity index is 6870. The van der Waals surface area contributed by atoms with Crippen LogP contribution in [0.5, 0.6) is 0 Å². The number of rotatable bonds is 16. The quantitative estimate of drug-likeness (QED) is 0.0857. The highest BCUT2D eigenvalue weighted by Crippen LogP contribution is 2.47. The maximum absolute atomic E-state index is 14.9. The summed E-state index contributed by atoms with van der Waals surface area (Å²) in [7, 11) is 1.68. The summed E-state index contributed by atoms with van der Waals surface area (Å²) in [5.41, 5.74) is -0.0512. The Balaban J connectivity index is 0.000000125. The molecule has 744 valence electrons. The first kappa shape index (κ1) is 101. The van der Waals surface area contributed by atoms with Gasteiger partial charge in [-0.15, -0.1) is 0 Å². The summed E-state index contributed by atoms with van der Waals surface area (Å²) in [5.74, 6) is -3.97. The van der Waals surface area contributed by atoms with Crippen LogP contribution in [0.4, 0.5) is 96.6 Å². The Hall–Kier alpha value is -10.9. The molecule has 0 aliphatic carbocycles. The predicted octanol–water partition coefficient (Wildman–Crippen LogP) is 23.6. The van der Waals surface area contributed by atoms with Gasteiger partial charge in [0.15, 0.2) is 22.8 Å². The van der Waals surface area contributed by atoms with Crippen molar-refractivity contribution in [1.82, 2.24) is 67.3 Å². The molecular formula is C100H102F22N14O3. The van der Waals surface area contributed by atoms with E-state index in [2.05, 4.69) is 53.4 Å². The number of aryl methyl sites for hydroxylation is 5. The normalized spacial score (nSPS) is 18.2. The van der Waals surface area contributed by atoms with Crippen molar-refractivity contribution in [3.8, 4) is 0 Å². The Kier molecular flexibility index (Phi) is 29.2. The second-order valence-electron chi connectivity index (χ2n) is 36.5. The number of likely N-dealkylation sites (tertiary alicyclic amines) is 3. The van der Waals surface area contributed by atoms with Crippen LogP contribution in [0.25, 0.3) is 109 Å². The van der Waals surface area contributed by atoms with Gasteiger partial charge in [-0.3, -0.25) is 14.7 Å². The third-order valence-electron chi connectivity index (χ3n) is 27.2. The topological polar surface area (TPSA) is 120 Å². The number of para-hydroxylation sites is 1. The highest BCUT2D eigenvalue weighted by Gasteiger charge is 2.43. The first-order valence-electron chi connectivity index (χ1n) is 45.8. The fourth-order valence-electron chi connectivity index (χ4n) is 19.9. The molecule has 3 unspecified atom stereocenters. The van der Waals surface area contributed by atoms with Gasteiger partial charge in [0.2, 0.25) is 0 Å². The number of methoxy groups -OCH3 is 1. The smallest absolute Gasteiger partial charge is 0.380 e. The van der Waals surface area contributed by atoms with Crippen molar-refractivity contribution in [2.45, 2.75) is 143 Å². The lowest BCUT2D eigenvalue weighted by atomic mass is 10.1. The molecular weight excluding hydrogens is 1860 g/mol. The van der Waals surface area contributed by atoms with Gasteiger partial charge in [-0.05, 0) is 166 Å². The van der Waals surface area contributed by atoms with Crippen LogP contribution in [-0.2, 0) is 77.8 Å². The number of fused-ring (bicyclic) bond motifs is 15. The molecule has 17 nitrogen and oxygen atoms in total. The van der Waals surface area contributed by atoms with Gasteiger partial charge in [0.25, 0.3) is 5.92 Å². The standard InChI is InChI=1S/C21H23F4N3O.C20H19F6N3.C20H21F4N3.C20H20F4N2O.C19H19F4N3O/c1-12-8-17-15(9-16(12)22)14-4-5-26-20(21(23,24)25)19(14)28(17)7-6-27-10-13(2)18(11-27)29-3;1-12-10-16-14(11-15(12)21)13-2-5-27-18(20(24,25)26)17(13)29(16)9-8-28-6-3-19(22,23)4-7-28;1-12-4-6-26(11-12)7-8-27-17-9-13(2)16(21)10-15(17)14-3-5-25-19(18(14)27)20(22,23)24;1-13-11-18-15(12-17(13)21)14-3-2-4-16(20(22,23)24)19(14)26(18)6-5-25-7-9-27-10-8-25;1-12-2-3-13-14-4-5-24-18(19(21,22)23)17(14)26(16(13)15(12)20)7-6-25-8-10-27-11-9-25/h4-5,8-9,13,18H,6-7,10-11H2,1-3H3;2,5,10-11H,3-4,6-9H2,1H3;3,5,9-10,12H,4,6-8,11H2,1-2H3;2-4,11-12H,5-10H2,1H3;2-5H,6-11H2,1H3. The molecule has 0 N–H and O–H groups in total. The number of morpholine rings is 2. The number of ether oxygens (including phenoxy) is 3. The molecule has 15 aromatic rings. The molecule has 9 aromatic heterocycles. The minimum atomic E-state index is -4.67. The van der Waals surface area contributed by atoms with Crippen LogP contribution in [0.2, 0.25) is 0 Å². The minimum Gasteiger partial charge on any atom is -0.380 e. The first-order chi connectivity index (χ1) is 65.8. The van der Waals surface area contributed by atoms with Gasteiger partial charge in [-0.1, -0.05) is 38.1 Å². The third-order valence-corrected chi connectivity index (χ3v) is 27.2. The second-order valence-corrected chi connectivity index (χ2v) is 36.5. The Morgan fingerprint density at radius 2 is 0.669 bits per heavy atom. The molecule has 39 heteroatoms. The van der Waals surface area contributed by atoms with Crippen LogP contribution in [-0.4, -0.2) is 211 Å². The maximum atomic E-state index is 14.9. The van der Waals surface area contributed by atoms with E-state index < -0.39 is 94.2 Å². The fourth-order valence-corrected chi connectivity index (χ4v) is 19.9. The lowest BCUT2D eigenvalue weighted by Gasteiger charge is -2.31. The molecule has 5 aliphatic heterocycles. The largest absolute Gasteiger partial charge is 0.435 e. The van der Waals surface area contributed by atoms with Crippen LogP contribution >= 0.6 is 0 Å². The molecule has 0 radical (unpaired) electrons. The summed E-state index contributed by atoms with van der Waals surface area (Å²) < 4.78 is 327. The van der Waals surface area contributed by atoms with Crippen molar-refractivity contribution in [2.24, 2.45) is 11.8 Å². The molecule has 14 heterocycles. The summed E-state index contributed by atoms with van der Waals surface area (Å²) in [6.07, 6.45) is -17.7. The van der Waals surface area contributed by atoms with Gasteiger partial charge in [0.1, 0.15) is 29.1 Å². The van der Waals surface area contributed by atoms with Crippen molar-refractivity contribution in [3.05, 3.63) is 213 Å². The Labute approximate surface area is 783 Å². The number of piperidine rings is 1. The highest BCUT2D eigenvalue weighted by atomic mass is 19.4. The molecule has 5 saturated heterocycles. The number of benzene rings is 6. The minimum absolute atomic E-state index is 0.00976. The van der Waals surface area contributed by atoms with Crippen LogP contribution in [0, 0.1) is 75.5 Å². The molecule has 3 atom stereocenters. The zero-order valence-electron chi connectivity index (χ0n) is 77.2. The van der Waals surface area contributed by atoms with Gasteiger partial charge >= 0.3 is 30.9 Å². The summed E-state index contributed by atoms with van der Waals surface area (Å²) in [5, 5.41) is 4.16. The predicted molar refractivity (Wildman–Crippen MR) is 489 cm³/mol. The molecule has 5 aliphatic rings. The summed E-state index contributed by atoms with van der Waals surface area (Å²) in [6.45, 7) is 25.8. The van der Waals surface area contributed by atoms with Gasteiger partial charge in [-0.25, -0.2) is 50.7 Å². The van der Waals surface area contributed by atoms with Gasteiger partial charge in [-0.2, -0.15) is 65.9 Å². The van der Waals surface area contributed by atoms with Crippen LogP contribution in [0.15, 0.2) is 128 Å². The Morgan fingerprint density at radius 1 is 0.338 bits per heavy atom. The van der Waals surface area contributed by atoms with E-state index in [1.807, 2.05) is 4.90 Å². The zero-order chi connectivity index (χ0) is 99.6. The monoisotopic (exact) mass is 1960 g/mol. The van der Waals surface area contributed by atoms with E-state index in [0.29, 0.717) is 202 Å². The van der Waals surface area contributed by atoms with Crippen molar-refractivity contribution in [3.63, 3.8) is 0 Å². The number of alkyl halides is 17. The molecule has 5 fully saturated rings. The van der Waals surface area contributed by atoms with Crippen molar-refractivity contribution >= 4 is 109 Å². The number of pyridine rings is 4. The van der Waals surface area contributed by atoms with Crippen LogP contribution in [0.1, 0.15) is 89.3 Å². The van der Waals surface area contributed by atoms with E-state index in [1.54, 1.807) is 91.8 Å². The maximum Gasteiger partial charge on any atom is 0.435 e. The summed E-state index contributed by atoms with van der Waals surface area (Å²) in [6, 6.07) is 25.1. The van der Waals surface area contributed by atoms with Gasteiger partial charge < -0.3 is 46.8 Å². The average Bonchev–Trinajstić information content (AvgIpc) is 1.54. The zero-order valence-corrected chi connectivity index (χ0v) is 77.2. The number of nitrogens with zero attached hydrogens (tertiary/aromatic N) is 14. The molecule has 20 rings (SSSR count). The number of aromatic nitrogens is 9. The van der Waals surface area contributed by atoms with Gasteiger partial charge in [0, 0.05) is 245 Å². The van der Waals surface area contributed by atoms with E-state index in [9.17, 15) is 96.6 Å². The van der Waals surface area contributed by atoms with E-state index in [4.69, 9.17) is 14.2 Å². The van der Waals surface area contributed by atoms with Gasteiger partial charge in [0.05, 0.1) is 71.2 Å². The van der Waals surface area contributed by atoms with Crippen molar-refractivity contribution < 1.29 is 111 Å². The molecule has 0 bridgehead atoms. The molecule has 0 spiro atoms. The average molecular weight is 1970 g/mol. The molecule has 0 saturated carbocycles. The van der Waals surface area contributed by atoms with Crippen LogP contribution in [0.3, 0.4) is 0 Å². The Morgan fingerprint density at radius 3 is 1.02 bits per heavy atom. The SMILES string of the molecule is COC1CN(CCn2c3cc(C)c(F)cc3c3ccnc(C(F)(F)F)c32)CC1C.Cc1cc2c(cc1F)c1cccc(C(F)(F)F)c1n2CCN1CCOCC1.Cc1cc2c(cc1F)c1ccnc(C(F)(F)F)c1n2CCN1CCC(C)C1.Cc1cc2c(cc1F)c1ccnc(C(F)(F)F)c1n2CCN1CCC(F)(F)CC1.Cc1ccc2c3ccnc(C(F)(F)F)c3n(CCN3CCOCC3)c2c1F. The number of halogens is 22. The lowest BCUT2D eigenvalue weighted by Crippen LogP contribution is -2.40. The molecule has 139 heavy (non-hydrogen) atoms. The third kappa shape index (κ3) is 21.2. The molecule has 6 aromatic carbocycles. The van der Waals surface area contributed by atoms with Crippen molar-refractivity contribution in [1.29, 1.82) is 0 Å². The second kappa shape index (κ2) is 40.2. The first-order valence-corrected chi connectivity index (χ1v) is 45.8. The van der Waals surface area contributed by atoms with Crippen LogP contribution < -0.4 is 0 Å². The highest BCUT2D eigenvalue weighted by molar-refractivity contribution is 6.13. The summed E-state index contributed by atoms with van der Waals surface area (Å²) >= 11 is 0. The van der Waals surface area contributed by atoms with E-state index in [0.717, 1.165) is 76.5 Å². The summed E-state index contributed by atoms with van der Waals surface area (Å²) in [4.78, 5) is 24.9. The number of hydrogen-bond donors (Lipinski definition) is 0. The van der Waals surface area contributed by atoms with E-state index >= 15 is 0 Å². The van der Waals surface area contributed by atoms with Crippen molar-refractivity contribution in [2.75, 3.05) is 132 Å². The molecule has 0 amide bonds. The van der Waals surface area contributed by atoms with E-state index in [-0.39, 0.29) is 83.6 Å². The lowest BCUT2D eigenvalue weighted by molar-refractivity contribution is -0.140. The van der Waals surface area contributed by atoms with E-state index in [1.165, 1.54) is 69.8 Å². The number of hydrogen-bond acceptors (Lipinski definition) is 12.